The fourth-order valence-electron chi connectivity index (χ4n) is 1.89. The molecule has 0 heterocycles. The smallest absolute Gasteiger partial charge is 0.331 e. The number of hydrogen-bond donors (Lipinski definition) is 1. The molecule has 0 spiro atoms. The molecule has 0 unspecified atom stereocenters. The van der Waals surface area contributed by atoms with Crippen molar-refractivity contribution < 1.29 is 14.3 Å². The van der Waals surface area contributed by atoms with E-state index >= 15 is 0 Å². The minimum absolute atomic E-state index is 0.175. The maximum Gasteiger partial charge on any atom is 0.331 e. The predicted molar refractivity (Wildman–Crippen MR) is 83.5 cm³/mol. The van der Waals surface area contributed by atoms with Gasteiger partial charge >= 0.3 is 5.97 Å². The Morgan fingerprint density at radius 2 is 1.81 bits per heavy atom. The monoisotopic (exact) mass is 289 g/mol. The van der Waals surface area contributed by atoms with Crippen LogP contribution in [0.4, 0.5) is 0 Å². The average molecular weight is 289 g/mol. The van der Waals surface area contributed by atoms with Gasteiger partial charge in [-0.25, -0.2) is 4.79 Å². The molecule has 21 heavy (non-hydrogen) atoms. The maximum absolute atomic E-state index is 11.7. The molecule has 114 valence electrons. The van der Waals surface area contributed by atoms with E-state index in [0.29, 0.717) is 12.2 Å². The van der Waals surface area contributed by atoms with Crippen LogP contribution >= 0.6 is 0 Å². The molecule has 1 amide bonds. The highest BCUT2D eigenvalue weighted by molar-refractivity contribution is 6.22. The second-order valence-electron chi connectivity index (χ2n) is 5.02. The molecule has 0 atom stereocenters. The van der Waals surface area contributed by atoms with E-state index in [1.54, 1.807) is 12.1 Å². The van der Waals surface area contributed by atoms with Gasteiger partial charge in [-0.05, 0) is 18.9 Å². The number of amides is 1. The van der Waals surface area contributed by atoms with Crippen LogP contribution in [0, 0.1) is 6.92 Å². The summed E-state index contributed by atoms with van der Waals surface area (Å²) in [6, 6.07) is 7.26. The van der Waals surface area contributed by atoms with Crippen LogP contribution in [-0.4, -0.2) is 18.5 Å². The Labute approximate surface area is 126 Å². The number of nitrogens with two attached hydrogens (primary N) is 1. The number of esters is 1. The van der Waals surface area contributed by atoms with Crippen molar-refractivity contribution in [2.24, 2.45) is 5.73 Å². The normalized spacial score (nSPS) is 11.2. The van der Waals surface area contributed by atoms with Crippen LogP contribution in [0.5, 0.6) is 0 Å². The molecule has 4 heteroatoms. The largest absolute Gasteiger partial charge is 0.463 e. The van der Waals surface area contributed by atoms with Gasteiger partial charge < -0.3 is 10.5 Å². The molecule has 0 saturated heterocycles. The van der Waals surface area contributed by atoms with Crippen LogP contribution in [-0.2, 0) is 14.3 Å². The van der Waals surface area contributed by atoms with Crippen molar-refractivity contribution in [3.05, 3.63) is 41.5 Å². The molecule has 0 aromatic heterocycles. The summed E-state index contributed by atoms with van der Waals surface area (Å²) in [5.74, 6) is -1.16. The molecule has 2 N–H and O–H groups in total. The molecular formula is C17H23NO3. The number of carbonyl (C=O) groups excluding carboxylic acids is 2. The topological polar surface area (TPSA) is 69.4 Å². The lowest BCUT2D eigenvalue weighted by atomic mass is 10.0. The first-order chi connectivity index (χ1) is 10.0. The Morgan fingerprint density at radius 1 is 1.14 bits per heavy atom. The van der Waals surface area contributed by atoms with Crippen molar-refractivity contribution >= 4 is 17.4 Å². The standard InChI is InChI=1S/C17H23NO3/c1-3-4-5-6-11-21-16(19)12-15(17(18)20)14-9-7-13(2)8-10-14/h7-10,12H,3-6,11H2,1-2H3,(H2,18,20)/b15-12-. The Morgan fingerprint density at radius 3 is 2.38 bits per heavy atom. The highest BCUT2D eigenvalue weighted by atomic mass is 16.5. The van der Waals surface area contributed by atoms with Gasteiger partial charge in [0.15, 0.2) is 0 Å². The van der Waals surface area contributed by atoms with E-state index in [4.69, 9.17) is 10.5 Å². The summed E-state index contributed by atoms with van der Waals surface area (Å²) >= 11 is 0. The fraction of sp³-hybridized carbons (Fsp3) is 0.412. The lowest BCUT2D eigenvalue weighted by Crippen LogP contribution is -2.15. The first kappa shape index (κ1) is 17.0. The van der Waals surface area contributed by atoms with E-state index < -0.39 is 11.9 Å². The van der Waals surface area contributed by atoms with Crippen LogP contribution in [0.1, 0.15) is 43.7 Å². The summed E-state index contributed by atoms with van der Waals surface area (Å²) in [6.45, 7) is 4.44. The molecule has 0 bridgehead atoms. The second kappa shape index (κ2) is 8.95. The zero-order valence-electron chi connectivity index (χ0n) is 12.7. The van der Waals surface area contributed by atoms with Crippen molar-refractivity contribution in [3.8, 4) is 0 Å². The first-order valence-corrected chi connectivity index (χ1v) is 7.30. The SMILES string of the molecule is CCCCCCOC(=O)/C=C(\C(N)=O)c1ccc(C)cc1. The molecular weight excluding hydrogens is 266 g/mol. The van der Waals surface area contributed by atoms with E-state index in [0.717, 1.165) is 31.2 Å². The third-order valence-electron chi connectivity index (χ3n) is 3.13. The minimum Gasteiger partial charge on any atom is -0.463 e. The van der Waals surface area contributed by atoms with Crippen molar-refractivity contribution in [2.45, 2.75) is 39.5 Å². The highest BCUT2D eigenvalue weighted by Gasteiger charge is 2.11. The summed E-state index contributed by atoms with van der Waals surface area (Å²) in [6.07, 6.45) is 5.31. The molecule has 1 rings (SSSR count). The number of ether oxygens (including phenoxy) is 1. The molecule has 0 radical (unpaired) electrons. The van der Waals surface area contributed by atoms with Crippen molar-refractivity contribution in [2.75, 3.05) is 6.61 Å². The minimum atomic E-state index is -0.637. The van der Waals surface area contributed by atoms with E-state index in [1.165, 1.54) is 6.08 Å². The van der Waals surface area contributed by atoms with E-state index in [-0.39, 0.29) is 5.57 Å². The van der Waals surface area contributed by atoms with Crippen LogP contribution in [0.15, 0.2) is 30.3 Å². The van der Waals surface area contributed by atoms with Crippen molar-refractivity contribution in [1.82, 2.24) is 0 Å². The van der Waals surface area contributed by atoms with Gasteiger partial charge in [-0.1, -0.05) is 56.0 Å². The molecule has 0 fully saturated rings. The van der Waals surface area contributed by atoms with Crippen LogP contribution < -0.4 is 5.73 Å². The first-order valence-electron chi connectivity index (χ1n) is 7.30. The van der Waals surface area contributed by atoms with Crippen LogP contribution in [0.2, 0.25) is 0 Å². The molecule has 1 aromatic rings. The molecule has 0 saturated carbocycles. The van der Waals surface area contributed by atoms with Gasteiger partial charge in [0.05, 0.1) is 12.2 Å². The van der Waals surface area contributed by atoms with Gasteiger partial charge in [0.1, 0.15) is 0 Å². The Bertz CT molecular complexity index is 503. The highest BCUT2D eigenvalue weighted by Crippen LogP contribution is 2.15. The number of rotatable bonds is 8. The summed E-state index contributed by atoms with van der Waals surface area (Å²) < 4.78 is 5.09. The third kappa shape index (κ3) is 6.25. The fourth-order valence-corrected chi connectivity index (χ4v) is 1.89. The summed E-state index contributed by atoms with van der Waals surface area (Å²) in [4.78, 5) is 23.2. The number of aryl methyl sites for hydroxylation is 1. The quantitative estimate of drug-likeness (QED) is 0.454. The lowest BCUT2D eigenvalue weighted by molar-refractivity contribution is -0.138. The van der Waals surface area contributed by atoms with Gasteiger partial charge in [0.25, 0.3) is 0 Å². The van der Waals surface area contributed by atoms with E-state index in [2.05, 4.69) is 6.92 Å². The van der Waals surface area contributed by atoms with E-state index in [1.807, 2.05) is 19.1 Å². The number of unbranched alkanes of at least 4 members (excludes halogenated alkanes) is 3. The van der Waals surface area contributed by atoms with Gasteiger partial charge in [-0.3, -0.25) is 4.79 Å². The van der Waals surface area contributed by atoms with Crippen LogP contribution in [0.25, 0.3) is 5.57 Å². The Balaban J connectivity index is 2.65. The van der Waals surface area contributed by atoms with Crippen LogP contribution in [0.3, 0.4) is 0 Å². The molecule has 0 aliphatic carbocycles. The zero-order valence-corrected chi connectivity index (χ0v) is 12.7. The van der Waals surface area contributed by atoms with Crippen molar-refractivity contribution in [3.63, 3.8) is 0 Å². The van der Waals surface area contributed by atoms with Crippen molar-refractivity contribution in [1.29, 1.82) is 0 Å². The summed E-state index contributed by atoms with van der Waals surface area (Å²) in [5, 5.41) is 0. The number of hydrogen-bond acceptors (Lipinski definition) is 3. The van der Waals surface area contributed by atoms with Gasteiger partial charge in [-0.15, -0.1) is 0 Å². The summed E-state index contributed by atoms with van der Waals surface area (Å²) in [7, 11) is 0. The van der Waals surface area contributed by atoms with E-state index in [9.17, 15) is 9.59 Å². The molecule has 0 aliphatic rings. The molecule has 0 aliphatic heterocycles. The molecule has 4 nitrogen and oxygen atoms in total. The third-order valence-corrected chi connectivity index (χ3v) is 3.13. The predicted octanol–water partition coefficient (Wildman–Crippen LogP) is 2.99. The lowest BCUT2D eigenvalue weighted by Gasteiger charge is -2.05. The molecule has 1 aromatic carbocycles. The van der Waals surface area contributed by atoms with Gasteiger partial charge in [0.2, 0.25) is 5.91 Å². The van der Waals surface area contributed by atoms with Gasteiger partial charge in [0, 0.05) is 6.08 Å². The average Bonchev–Trinajstić information content (AvgIpc) is 2.45. The number of primary amides is 1. The Hall–Kier alpha value is -2.10. The Kier molecular flexibility index (Phi) is 7.23. The second-order valence-corrected chi connectivity index (χ2v) is 5.02. The summed E-state index contributed by atoms with van der Waals surface area (Å²) in [5.41, 5.74) is 7.20. The number of carbonyl (C=O) groups is 2. The number of benzene rings is 1. The van der Waals surface area contributed by atoms with Gasteiger partial charge in [-0.2, -0.15) is 0 Å². The maximum atomic E-state index is 11.7. The zero-order chi connectivity index (χ0) is 15.7.